The van der Waals surface area contributed by atoms with Gasteiger partial charge in [0.15, 0.2) is 0 Å². The van der Waals surface area contributed by atoms with Gasteiger partial charge in [-0.05, 0) is 35.8 Å². The zero-order valence-electron chi connectivity index (χ0n) is 10.3. The first kappa shape index (κ1) is 11.4. The summed E-state index contributed by atoms with van der Waals surface area (Å²) in [5.41, 5.74) is 2.76. The average molecular weight is 214 g/mol. The normalized spacial score (nSPS) is 23.1. The first-order chi connectivity index (χ1) is 7.85. The first-order valence-electron chi connectivity index (χ1n) is 6.57. The van der Waals surface area contributed by atoms with Crippen molar-refractivity contribution in [2.45, 2.75) is 44.9 Å². The molecule has 0 spiro atoms. The molecule has 1 saturated carbocycles. The van der Waals surface area contributed by atoms with E-state index in [1.807, 2.05) is 6.08 Å². The molecule has 0 bridgehead atoms. The molecule has 86 valence electrons. The van der Waals surface area contributed by atoms with Gasteiger partial charge in [-0.2, -0.15) is 0 Å². The maximum atomic E-state index is 3.79. The lowest BCUT2D eigenvalue weighted by Gasteiger charge is -2.01. The van der Waals surface area contributed by atoms with E-state index < -0.39 is 0 Å². The van der Waals surface area contributed by atoms with E-state index in [-0.39, 0.29) is 0 Å². The van der Waals surface area contributed by atoms with Crippen molar-refractivity contribution in [2.24, 2.45) is 5.92 Å². The minimum atomic E-state index is 0.857. The molecule has 0 saturated heterocycles. The number of unbranched alkanes of at least 4 members (excludes halogenated alkanes) is 2. The largest absolute Gasteiger partial charge is 0.0985 e. The van der Waals surface area contributed by atoms with Crippen LogP contribution in [0.3, 0.4) is 0 Å². The number of rotatable bonds is 6. The number of hydrogen-bond acceptors (Lipinski definition) is 0. The summed E-state index contributed by atoms with van der Waals surface area (Å²) >= 11 is 0. The SMILES string of the molecule is C=Cc1ccc(C2CC2CCCCC)cc1. The first-order valence-corrected chi connectivity index (χ1v) is 6.57. The van der Waals surface area contributed by atoms with Gasteiger partial charge in [0.05, 0.1) is 0 Å². The smallest absolute Gasteiger partial charge is 0.0131 e. The van der Waals surface area contributed by atoms with Gasteiger partial charge in [0, 0.05) is 0 Å². The van der Waals surface area contributed by atoms with Gasteiger partial charge in [-0.1, -0.05) is 63.1 Å². The molecule has 0 N–H and O–H groups in total. The van der Waals surface area contributed by atoms with E-state index in [0.29, 0.717) is 0 Å². The predicted molar refractivity (Wildman–Crippen MR) is 71.5 cm³/mol. The van der Waals surface area contributed by atoms with Crippen molar-refractivity contribution in [3.8, 4) is 0 Å². The second-order valence-electron chi connectivity index (χ2n) is 4.97. The summed E-state index contributed by atoms with van der Waals surface area (Å²) in [6.45, 7) is 6.06. The van der Waals surface area contributed by atoms with Crippen molar-refractivity contribution in [1.82, 2.24) is 0 Å². The summed E-state index contributed by atoms with van der Waals surface area (Å²) in [5.74, 6) is 1.83. The highest BCUT2D eigenvalue weighted by atomic mass is 14.4. The molecule has 0 heteroatoms. The molecule has 0 aliphatic heterocycles. The number of benzene rings is 1. The second-order valence-corrected chi connectivity index (χ2v) is 4.97. The molecule has 1 aliphatic carbocycles. The van der Waals surface area contributed by atoms with Crippen LogP contribution in [-0.4, -0.2) is 0 Å². The lowest BCUT2D eigenvalue weighted by Crippen LogP contribution is -1.85. The Labute approximate surface area is 99.4 Å². The predicted octanol–water partition coefficient (Wildman–Crippen LogP) is 5.01. The van der Waals surface area contributed by atoms with Gasteiger partial charge in [0.1, 0.15) is 0 Å². The van der Waals surface area contributed by atoms with Crippen molar-refractivity contribution in [3.63, 3.8) is 0 Å². The standard InChI is InChI=1S/C16H22/c1-3-5-6-7-15-12-16(15)14-10-8-13(4-2)9-11-14/h4,8-11,15-16H,2-3,5-7,12H2,1H3. The zero-order chi connectivity index (χ0) is 11.4. The van der Waals surface area contributed by atoms with Gasteiger partial charge in [-0.3, -0.25) is 0 Å². The minimum Gasteiger partial charge on any atom is -0.0985 e. The summed E-state index contributed by atoms with van der Waals surface area (Å²) in [5, 5.41) is 0. The summed E-state index contributed by atoms with van der Waals surface area (Å²) in [4.78, 5) is 0. The van der Waals surface area contributed by atoms with Gasteiger partial charge in [-0.25, -0.2) is 0 Å². The van der Waals surface area contributed by atoms with Crippen molar-refractivity contribution in [2.75, 3.05) is 0 Å². The Bertz CT molecular complexity index is 334. The van der Waals surface area contributed by atoms with Gasteiger partial charge in [0.25, 0.3) is 0 Å². The summed E-state index contributed by atoms with van der Waals surface area (Å²) in [6.07, 6.45) is 8.92. The minimum absolute atomic E-state index is 0.857. The Morgan fingerprint density at radius 3 is 2.62 bits per heavy atom. The monoisotopic (exact) mass is 214 g/mol. The molecule has 0 nitrogen and oxygen atoms in total. The summed E-state index contributed by atoms with van der Waals surface area (Å²) < 4.78 is 0. The molecule has 2 rings (SSSR count). The molecule has 16 heavy (non-hydrogen) atoms. The van der Waals surface area contributed by atoms with Crippen molar-refractivity contribution in [1.29, 1.82) is 0 Å². The van der Waals surface area contributed by atoms with Gasteiger partial charge in [-0.15, -0.1) is 0 Å². The Kier molecular flexibility index (Phi) is 3.82. The summed E-state index contributed by atoms with van der Waals surface area (Å²) in [6, 6.07) is 8.93. The highest BCUT2D eigenvalue weighted by molar-refractivity contribution is 5.48. The highest BCUT2D eigenvalue weighted by Crippen LogP contribution is 2.50. The van der Waals surface area contributed by atoms with Crippen molar-refractivity contribution < 1.29 is 0 Å². The van der Waals surface area contributed by atoms with Gasteiger partial charge in [0.2, 0.25) is 0 Å². The fourth-order valence-corrected chi connectivity index (χ4v) is 2.51. The second kappa shape index (κ2) is 5.34. The van der Waals surface area contributed by atoms with E-state index in [4.69, 9.17) is 0 Å². The van der Waals surface area contributed by atoms with Crippen molar-refractivity contribution >= 4 is 6.08 Å². The van der Waals surface area contributed by atoms with E-state index in [2.05, 4.69) is 37.8 Å². The van der Waals surface area contributed by atoms with Crippen LogP contribution in [0, 0.1) is 5.92 Å². The lowest BCUT2D eigenvalue weighted by molar-refractivity contribution is 0.610. The van der Waals surface area contributed by atoms with Crippen LogP contribution in [0.15, 0.2) is 30.8 Å². The molecule has 0 radical (unpaired) electrons. The topological polar surface area (TPSA) is 0 Å². The number of hydrogen-bond donors (Lipinski definition) is 0. The van der Waals surface area contributed by atoms with Crippen LogP contribution in [0.1, 0.15) is 56.1 Å². The maximum Gasteiger partial charge on any atom is -0.0131 e. The van der Waals surface area contributed by atoms with Crippen LogP contribution in [0.2, 0.25) is 0 Å². The molecule has 1 aromatic rings. The quantitative estimate of drug-likeness (QED) is 0.584. The molecule has 2 unspecified atom stereocenters. The van der Waals surface area contributed by atoms with Crippen molar-refractivity contribution in [3.05, 3.63) is 42.0 Å². The fourth-order valence-electron chi connectivity index (χ4n) is 2.51. The third-order valence-electron chi connectivity index (χ3n) is 3.70. The van der Waals surface area contributed by atoms with Crippen LogP contribution in [0.25, 0.3) is 6.08 Å². The van der Waals surface area contributed by atoms with E-state index in [9.17, 15) is 0 Å². The fraction of sp³-hybridized carbons (Fsp3) is 0.500. The lowest BCUT2D eigenvalue weighted by atomic mass is 10.0. The average Bonchev–Trinajstić information content (AvgIpc) is 3.09. The Morgan fingerprint density at radius 2 is 2.00 bits per heavy atom. The zero-order valence-corrected chi connectivity index (χ0v) is 10.3. The van der Waals surface area contributed by atoms with E-state index >= 15 is 0 Å². The van der Waals surface area contributed by atoms with Crippen LogP contribution < -0.4 is 0 Å². The van der Waals surface area contributed by atoms with Crippen LogP contribution in [0.4, 0.5) is 0 Å². The molecular formula is C16H22. The summed E-state index contributed by atoms with van der Waals surface area (Å²) in [7, 11) is 0. The van der Waals surface area contributed by atoms with Crippen LogP contribution in [-0.2, 0) is 0 Å². The highest BCUT2D eigenvalue weighted by Gasteiger charge is 2.37. The molecule has 1 aliphatic rings. The molecule has 0 aromatic heterocycles. The van der Waals surface area contributed by atoms with Crippen LogP contribution in [0.5, 0.6) is 0 Å². The molecule has 0 amide bonds. The Balaban J connectivity index is 1.83. The third-order valence-corrected chi connectivity index (χ3v) is 3.70. The third kappa shape index (κ3) is 2.75. The molecule has 1 fully saturated rings. The molecule has 2 atom stereocenters. The molecule has 0 heterocycles. The van der Waals surface area contributed by atoms with E-state index in [0.717, 1.165) is 11.8 Å². The molecular weight excluding hydrogens is 192 g/mol. The Morgan fingerprint density at radius 1 is 1.25 bits per heavy atom. The van der Waals surface area contributed by atoms with E-state index in [1.165, 1.54) is 43.2 Å². The maximum absolute atomic E-state index is 3.79. The van der Waals surface area contributed by atoms with Crippen LogP contribution >= 0.6 is 0 Å². The van der Waals surface area contributed by atoms with E-state index in [1.54, 1.807) is 0 Å². The molecule has 1 aromatic carbocycles. The Hall–Kier alpha value is -1.04. The van der Waals surface area contributed by atoms with Gasteiger partial charge < -0.3 is 0 Å². The van der Waals surface area contributed by atoms with Gasteiger partial charge >= 0.3 is 0 Å².